The normalized spacial score (nSPS) is 23.4. The molecule has 113 valence electrons. The van der Waals surface area contributed by atoms with Crippen molar-refractivity contribution in [3.05, 3.63) is 12.2 Å². The average Bonchev–Trinajstić information content (AvgIpc) is 2.72. The van der Waals surface area contributed by atoms with Crippen molar-refractivity contribution in [3.63, 3.8) is 0 Å². The zero-order chi connectivity index (χ0) is 13.8. The molecule has 1 rings (SSSR count). The molecule has 0 heterocycles. The van der Waals surface area contributed by atoms with Crippen LogP contribution < -0.4 is 0 Å². The Morgan fingerprint density at radius 2 is 1.68 bits per heavy atom. The fourth-order valence-electron chi connectivity index (χ4n) is 2.30. The van der Waals surface area contributed by atoms with Gasteiger partial charge in [0.25, 0.3) is 0 Å². The van der Waals surface area contributed by atoms with Gasteiger partial charge >= 0.3 is 0 Å². The van der Waals surface area contributed by atoms with Crippen molar-refractivity contribution >= 4 is 5.91 Å². The Labute approximate surface area is 160 Å². The number of carbonyl (C=O) groups excluding carboxylic acids is 1. The molecule has 4 heteroatoms. The van der Waals surface area contributed by atoms with Crippen molar-refractivity contribution in [2.45, 2.75) is 60.3 Å². The van der Waals surface area contributed by atoms with Gasteiger partial charge in [-0.1, -0.05) is 34.1 Å². The van der Waals surface area contributed by atoms with Gasteiger partial charge < -0.3 is 17.0 Å². The molecule has 0 spiro atoms. The molecule has 3 atom stereocenters. The first-order valence-corrected chi connectivity index (χ1v) is 6.98. The van der Waals surface area contributed by atoms with Crippen LogP contribution in [0.4, 0.5) is 0 Å². The van der Waals surface area contributed by atoms with E-state index >= 15 is 0 Å². The predicted molar refractivity (Wildman–Crippen MR) is 77.0 cm³/mol. The van der Waals surface area contributed by atoms with Crippen LogP contribution in [0.3, 0.4) is 0 Å². The summed E-state index contributed by atoms with van der Waals surface area (Å²) in [6, 6.07) is 0. The van der Waals surface area contributed by atoms with Crippen LogP contribution in [-0.2, 0) is 58.6 Å². The summed E-state index contributed by atoms with van der Waals surface area (Å²) < 4.78 is 0. The van der Waals surface area contributed by atoms with Crippen molar-refractivity contribution in [3.8, 4) is 0 Å². The number of hydrogen-bond acceptors (Lipinski definition) is 1. The van der Waals surface area contributed by atoms with Crippen LogP contribution in [0.15, 0.2) is 0 Å². The van der Waals surface area contributed by atoms with Crippen LogP contribution in [0.2, 0.25) is 0 Å². The molecule has 0 unspecified atom stereocenters. The molecule has 0 aromatic rings. The zero-order valence-electron chi connectivity index (χ0n) is 13.6. The molecule has 0 aliphatic heterocycles. The van der Waals surface area contributed by atoms with Crippen molar-refractivity contribution in [2.75, 3.05) is 7.05 Å². The Morgan fingerprint density at radius 1 is 1.21 bits per heavy atom. The molecule has 0 bridgehead atoms. The maximum atomic E-state index is 11.0. The molecule has 0 N–H and O–H groups in total. The van der Waals surface area contributed by atoms with Crippen molar-refractivity contribution in [1.29, 1.82) is 0 Å². The molecule has 1 fully saturated rings. The average molecular weight is 514 g/mol. The van der Waals surface area contributed by atoms with E-state index in [-0.39, 0.29) is 59.7 Å². The van der Waals surface area contributed by atoms with E-state index in [1.807, 2.05) is 13.8 Å². The SMILES string of the molecule is CC.C[N-]C(=O)CC[C@H]1CC[C@@H](C)[C@H]1C.[CH2-]C.[W].[Y]. The molecule has 1 aliphatic rings. The summed E-state index contributed by atoms with van der Waals surface area (Å²) in [7, 11) is 1.59. The minimum absolute atomic E-state index is 0. The molecular weight excluding hydrogens is 483 g/mol. The minimum Gasteiger partial charge on any atom is -0.656 e. The third-order valence-electron chi connectivity index (χ3n) is 3.61. The molecule has 19 heavy (non-hydrogen) atoms. The topological polar surface area (TPSA) is 31.2 Å². The number of rotatable bonds is 3. The van der Waals surface area contributed by atoms with Crippen LogP contribution in [-0.4, -0.2) is 13.0 Å². The van der Waals surface area contributed by atoms with Crippen molar-refractivity contribution in [1.82, 2.24) is 0 Å². The van der Waals surface area contributed by atoms with Crippen molar-refractivity contribution < 1.29 is 58.6 Å². The fraction of sp³-hybridized carbons (Fsp3) is 0.867. The van der Waals surface area contributed by atoms with E-state index in [1.54, 1.807) is 14.0 Å². The second-order valence-electron chi connectivity index (χ2n) is 4.33. The maximum absolute atomic E-state index is 11.0. The van der Waals surface area contributed by atoms with E-state index in [1.165, 1.54) is 12.8 Å². The van der Waals surface area contributed by atoms with E-state index < -0.39 is 0 Å². The van der Waals surface area contributed by atoms with Gasteiger partial charge in [-0.2, -0.15) is 6.92 Å². The quantitative estimate of drug-likeness (QED) is 0.497. The van der Waals surface area contributed by atoms with Crippen LogP contribution in [0.1, 0.15) is 60.3 Å². The van der Waals surface area contributed by atoms with Crippen LogP contribution in [0.25, 0.3) is 5.32 Å². The Kier molecular flexibility index (Phi) is 28.8. The number of hydrogen-bond donors (Lipinski definition) is 0. The van der Waals surface area contributed by atoms with Crippen LogP contribution in [0, 0.1) is 24.7 Å². The van der Waals surface area contributed by atoms with E-state index in [9.17, 15) is 4.79 Å². The Morgan fingerprint density at radius 3 is 2.00 bits per heavy atom. The summed E-state index contributed by atoms with van der Waals surface area (Å²) in [6.45, 7) is 13.6. The summed E-state index contributed by atoms with van der Waals surface area (Å²) in [5.74, 6) is 2.47. The van der Waals surface area contributed by atoms with Gasteiger partial charge in [-0.05, 0) is 37.0 Å². The summed E-state index contributed by atoms with van der Waals surface area (Å²) in [5, 5.41) is 3.65. The first kappa shape index (κ1) is 28.4. The first-order valence-electron chi connectivity index (χ1n) is 6.98. The van der Waals surface area contributed by atoms with E-state index in [2.05, 4.69) is 26.1 Å². The van der Waals surface area contributed by atoms with E-state index in [0.717, 1.165) is 24.2 Å². The van der Waals surface area contributed by atoms with Crippen LogP contribution in [0.5, 0.6) is 0 Å². The maximum Gasteiger partial charge on any atom is 0.0509 e. The monoisotopic (exact) mass is 514 g/mol. The molecule has 2 nitrogen and oxygen atoms in total. The third-order valence-corrected chi connectivity index (χ3v) is 3.61. The van der Waals surface area contributed by atoms with Crippen LogP contribution >= 0.6 is 0 Å². The van der Waals surface area contributed by atoms with Gasteiger partial charge in [0.05, 0.1) is 5.91 Å². The minimum atomic E-state index is 0. The smallest absolute Gasteiger partial charge is 0.0509 e. The second-order valence-corrected chi connectivity index (χ2v) is 4.33. The molecule has 0 saturated heterocycles. The second kappa shape index (κ2) is 19.3. The standard InChI is InChI=1S/C11H21NO.C2H6.C2H5.W.Y/c1-8-4-5-10(9(8)2)6-7-11(13)12-3;2*1-2;;/h8-10H,4-7H2,1-3H3,(H,12,13);1-2H3;1H2,2H3;;/q;;-1;;/p-1/t8-,9-,10-;;;;/m1..../s1. The summed E-state index contributed by atoms with van der Waals surface area (Å²) >= 11 is 0. The zero-order valence-corrected chi connectivity index (χ0v) is 19.4. The molecule has 1 saturated carbocycles. The third kappa shape index (κ3) is 12.7. The number of carbonyl (C=O) groups is 1. The molecule has 1 amide bonds. The molecule has 1 aliphatic carbocycles. The summed E-state index contributed by atoms with van der Waals surface area (Å²) in [6.07, 6.45) is 4.34. The molecular formula is C15H31NOWY-2. The Balaban J connectivity index is -0.000000171. The van der Waals surface area contributed by atoms with Crippen molar-refractivity contribution in [2.24, 2.45) is 17.8 Å². The molecule has 0 aromatic carbocycles. The van der Waals surface area contributed by atoms with Gasteiger partial charge in [0.1, 0.15) is 0 Å². The van der Waals surface area contributed by atoms with Gasteiger partial charge in [-0.25, -0.2) is 0 Å². The van der Waals surface area contributed by atoms with Gasteiger partial charge in [0.15, 0.2) is 0 Å². The number of amides is 1. The predicted octanol–water partition coefficient (Wildman–Crippen LogP) is 4.84. The van der Waals surface area contributed by atoms with Gasteiger partial charge in [0, 0.05) is 53.8 Å². The molecule has 0 aromatic heterocycles. The van der Waals surface area contributed by atoms with Gasteiger partial charge in [-0.15, -0.1) is 7.05 Å². The number of nitrogens with zero attached hydrogens (tertiary/aromatic N) is 1. The Bertz CT molecular complexity index is 191. The first-order chi connectivity index (χ1) is 8.15. The molecule has 1 radical (unpaired) electrons. The fourth-order valence-corrected chi connectivity index (χ4v) is 2.30. The van der Waals surface area contributed by atoms with E-state index in [4.69, 9.17) is 0 Å². The summed E-state index contributed by atoms with van der Waals surface area (Å²) in [4.78, 5) is 11.0. The van der Waals surface area contributed by atoms with Gasteiger partial charge in [0.2, 0.25) is 0 Å². The Hall–Kier alpha value is 1.26. The van der Waals surface area contributed by atoms with Gasteiger partial charge in [-0.3, -0.25) is 0 Å². The van der Waals surface area contributed by atoms with E-state index in [0.29, 0.717) is 6.42 Å². The largest absolute Gasteiger partial charge is 0.656 e. The summed E-state index contributed by atoms with van der Waals surface area (Å²) in [5.41, 5.74) is 0.